The van der Waals surface area contributed by atoms with Gasteiger partial charge in [0, 0.05) is 43.9 Å². The highest BCUT2D eigenvalue weighted by atomic mass is 16.2. The van der Waals surface area contributed by atoms with Crippen molar-refractivity contribution in [1.82, 2.24) is 9.80 Å². The average molecular weight is 417 g/mol. The summed E-state index contributed by atoms with van der Waals surface area (Å²) in [6.07, 6.45) is 4.70. The summed E-state index contributed by atoms with van der Waals surface area (Å²) in [6, 6.07) is 21.6. The Morgan fingerprint density at radius 1 is 0.774 bits per heavy atom. The standard InChI is InChI=1S/C27H32N2O2/c30-26-22-12-7-13-23(26)19-24(18-22)27(31)29-16-14-28(15-17-29)25(20-8-3-1-4-9-20)21-10-5-2-6-11-21/h1-6,8-11,22-25H,7,12-19H2/t22-,23-/m0/s1. The second kappa shape index (κ2) is 8.96. The lowest BCUT2D eigenvalue weighted by Crippen LogP contribution is -2.52. The molecule has 2 aromatic rings. The number of benzene rings is 2. The summed E-state index contributed by atoms with van der Waals surface area (Å²) in [4.78, 5) is 30.3. The molecule has 0 N–H and O–H groups in total. The molecule has 31 heavy (non-hydrogen) atoms. The van der Waals surface area contributed by atoms with E-state index in [1.807, 2.05) is 0 Å². The first-order valence-electron chi connectivity index (χ1n) is 11.9. The van der Waals surface area contributed by atoms with E-state index in [9.17, 15) is 9.59 Å². The zero-order valence-electron chi connectivity index (χ0n) is 18.2. The van der Waals surface area contributed by atoms with E-state index in [0.717, 1.165) is 58.3 Å². The van der Waals surface area contributed by atoms with Gasteiger partial charge >= 0.3 is 0 Å². The number of amides is 1. The van der Waals surface area contributed by atoms with Crippen molar-refractivity contribution in [3.8, 4) is 0 Å². The van der Waals surface area contributed by atoms with Crippen LogP contribution in [-0.4, -0.2) is 47.7 Å². The first-order valence-corrected chi connectivity index (χ1v) is 11.9. The highest BCUT2D eigenvalue weighted by Gasteiger charge is 2.42. The second-order valence-corrected chi connectivity index (χ2v) is 9.48. The van der Waals surface area contributed by atoms with Crippen LogP contribution in [0, 0.1) is 17.8 Å². The Labute approximate surface area is 185 Å². The van der Waals surface area contributed by atoms with Crippen molar-refractivity contribution in [1.29, 1.82) is 0 Å². The van der Waals surface area contributed by atoms with Gasteiger partial charge in [0.15, 0.2) is 0 Å². The van der Waals surface area contributed by atoms with E-state index in [4.69, 9.17) is 0 Å². The summed E-state index contributed by atoms with van der Waals surface area (Å²) in [7, 11) is 0. The number of ketones is 1. The molecule has 1 amide bonds. The number of piperazine rings is 1. The van der Waals surface area contributed by atoms with Crippen molar-refractivity contribution < 1.29 is 9.59 Å². The van der Waals surface area contributed by atoms with Crippen LogP contribution in [0.4, 0.5) is 0 Å². The third kappa shape index (κ3) is 4.18. The molecule has 1 saturated heterocycles. The van der Waals surface area contributed by atoms with Crippen LogP contribution in [-0.2, 0) is 9.59 Å². The summed E-state index contributed by atoms with van der Waals surface area (Å²) in [6.45, 7) is 3.29. The molecule has 3 aliphatic rings. The van der Waals surface area contributed by atoms with Crippen LogP contribution in [0.3, 0.4) is 0 Å². The zero-order chi connectivity index (χ0) is 21.2. The minimum absolute atomic E-state index is 0.0543. The molecule has 2 aliphatic carbocycles. The van der Waals surface area contributed by atoms with Crippen molar-refractivity contribution in [3.63, 3.8) is 0 Å². The maximum absolute atomic E-state index is 13.3. The van der Waals surface area contributed by atoms with E-state index >= 15 is 0 Å². The highest BCUT2D eigenvalue weighted by molar-refractivity contribution is 5.88. The highest BCUT2D eigenvalue weighted by Crippen LogP contribution is 2.41. The molecule has 4 heteroatoms. The fourth-order valence-electron chi connectivity index (χ4n) is 6.02. The van der Waals surface area contributed by atoms with Crippen molar-refractivity contribution in [2.45, 2.75) is 38.1 Å². The molecule has 2 bridgehead atoms. The summed E-state index contributed by atoms with van der Waals surface area (Å²) in [5, 5.41) is 0. The van der Waals surface area contributed by atoms with E-state index in [0.29, 0.717) is 11.7 Å². The van der Waals surface area contributed by atoms with Gasteiger partial charge in [-0.3, -0.25) is 14.5 Å². The minimum Gasteiger partial charge on any atom is -0.340 e. The molecular weight excluding hydrogens is 384 g/mol. The lowest BCUT2D eigenvalue weighted by molar-refractivity contribution is -0.144. The van der Waals surface area contributed by atoms with E-state index < -0.39 is 0 Å². The molecular formula is C27H32N2O2. The van der Waals surface area contributed by atoms with Crippen LogP contribution in [0.2, 0.25) is 0 Å². The van der Waals surface area contributed by atoms with Gasteiger partial charge in [0.2, 0.25) is 5.91 Å². The van der Waals surface area contributed by atoms with E-state index in [2.05, 4.69) is 70.5 Å². The average Bonchev–Trinajstić information content (AvgIpc) is 2.81. The van der Waals surface area contributed by atoms with Gasteiger partial charge in [-0.25, -0.2) is 0 Å². The number of Topliss-reactive ketones (excluding diaryl/α,β-unsaturated/α-hetero) is 1. The predicted molar refractivity (Wildman–Crippen MR) is 121 cm³/mol. The Kier molecular flexibility index (Phi) is 5.91. The fraction of sp³-hybridized carbons (Fsp3) is 0.481. The van der Waals surface area contributed by atoms with Crippen LogP contribution in [0.1, 0.15) is 49.3 Å². The summed E-state index contributed by atoms with van der Waals surface area (Å²) >= 11 is 0. The maximum atomic E-state index is 13.3. The van der Waals surface area contributed by atoms with Gasteiger partial charge in [0.1, 0.15) is 5.78 Å². The van der Waals surface area contributed by atoms with Crippen LogP contribution < -0.4 is 0 Å². The Morgan fingerprint density at radius 2 is 1.29 bits per heavy atom. The molecule has 0 aromatic heterocycles. The SMILES string of the molecule is O=C1[C@H]2CCC[C@H]1CC(C(=O)N1CCN(C(c3ccccc3)c3ccccc3)CC1)C2. The van der Waals surface area contributed by atoms with Gasteiger partial charge in [-0.15, -0.1) is 0 Å². The minimum atomic E-state index is 0.0543. The van der Waals surface area contributed by atoms with Gasteiger partial charge < -0.3 is 4.90 Å². The Balaban J connectivity index is 1.27. The molecule has 0 radical (unpaired) electrons. The van der Waals surface area contributed by atoms with E-state index in [-0.39, 0.29) is 23.8 Å². The van der Waals surface area contributed by atoms with Crippen LogP contribution >= 0.6 is 0 Å². The van der Waals surface area contributed by atoms with E-state index in [1.54, 1.807) is 0 Å². The molecule has 1 aliphatic heterocycles. The van der Waals surface area contributed by atoms with Gasteiger partial charge in [-0.2, -0.15) is 0 Å². The molecule has 2 atom stereocenters. The molecule has 0 unspecified atom stereocenters. The number of rotatable bonds is 4. The largest absolute Gasteiger partial charge is 0.340 e. The van der Waals surface area contributed by atoms with Crippen molar-refractivity contribution >= 4 is 11.7 Å². The molecule has 162 valence electrons. The Bertz CT molecular complexity index is 850. The fourth-order valence-corrected chi connectivity index (χ4v) is 6.02. The zero-order valence-corrected chi connectivity index (χ0v) is 18.2. The normalized spacial score (nSPS) is 26.8. The number of fused-ring (bicyclic) bond motifs is 2. The number of carbonyl (C=O) groups excluding carboxylic acids is 2. The summed E-state index contributed by atoms with van der Waals surface area (Å²) in [5.41, 5.74) is 2.60. The van der Waals surface area contributed by atoms with Crippen LogP contribution in [0.5, 0.6) is 0 Å². The van der Waals surface area contributed by atoms with Gasteiger partial charge in [-0.1, -0.05) is 67.1 Å². The number of hydrogen-bond donors (Lipinski definition) is 0. The van der Waals surface area contributed by atoms with E-state index in [1.165, 1.54) is 11.1 Å². The van der Waals surface area contributed by atoms with Crippen molar-refractivity contribution in [2.24, 2.45) is 17.8 Å². The first-order chi connectivity index (χ1) is 15.2. The van der Waals surface area contributed by atoms with Crippen LogP contribution in [0.15, 0.2) is 60.7 Å². The summed E-state index contributed by atoms with van der Waals surface area (Å²) < 4.78 is 0. The first kappa shape index (κ1) is 20.4. The van der Waals surface area contributed by atoms with Gasteiger partial charge in [0.25, 0.3) is 0 Å². The van der Waals surface area contributed by atoms with Crippen molar-refractivity contribution in [2.75, 3.05) is 26.2 Å². The number of nitrogens with zero attached hydrogens (tertiary/aromatic N) is 2. The molecule has 5 rings (SSSR count). The molecule has 2 aromatic carbocycles. The molecule has 0 spiro atoms. The smallest absolute Gasteiger partial charge is 0.225 e. The van der Waals surface area contributed by atoms with Gasteiger partial charge in [0.05, 0.1) is 6.04 Å². The molecule has 4 nitrogen and oxygen atoms in total. The quantitative estimate of drug-likeness (QED) is 0.746. The Hall–Kier alpha value is -2.46. The molecule has 3 fully saturated rings. The van der Waals surface area contributed by atoms with Crippen LogP contribution in [0.25, 0.3) is 0 Å². The predicted octanol–water partition coefficient (Wildman–Crippen LogP) is 4.32. The van der Waals surface area contributed by atoms with Gasteiger partial charge in [-0.05, 0) is 36.8 Å². The Morgan fingerprint density at radius 3 is 1.81 bits per heavy atom. The summed E-state index contributed by atoms with van der Waals surface area (Å²) in [5.74, 6) is 1.07. The lowest BCUT2D eigenvalue weighted by atomic mass is 9.67. The molecule has 2 saturated carbocycles. The third-order valence-corrected chi connectivity index (χ3v) is 7.62. The number of hydrogen-bond acceptors (Lipinski definition) is 3. The topological polar surface area (TPSA) is 40.6 Å². The van der Waals surface area contributed by atoms with Crippen molar-refractivity contribution in [3.05, 3.63) is 71.8 Å². The third-order valence-electron chi connectivity index (χ3n) is 7.62. The molecule has 1 heterocycles. The second-order valence-electron chi connectivity index (χ2n) is 9.48. The maximum Gasteiger partial charge on any atom is 0.225 e. The lowest BCUT2D eigenvalue weighted by Gasteiger charge is -2.43. The number of carbonyl (C=O) groups is 2. The monoisotopic (exact) mass is 416 g/mol.